The van der Waals surface area contributed by atoms with Crippen LogP contribution < -0.4 is 10.2 Å². The zero-order valence-corrected chi connectivity index (χ0v) is 17.4. The van der Waals surface area contributed by atoms with Crippen molar-refractivity contribution in [1.29, 1.82) is 0 Å². The molecule has 0 aliphatic carbocycles. The summed E-state index contributed by atoms with van der Waals surface area (Å²) in [7, 11) is 1.99. The lowest BCUT2D eigenvalue weighted by Gasteiger charge is -2.44. The lowest BCUT2D eigenvalue weighted by molar-refractivity contribution is -0.884. The molecule has 27 heavy (non-hydrogen) atoms. The Hall–Kier alpha value is -0.420. The van der Waals surface area contributed by atoms with Crippen LogP contribution in [0.3, 0.4) is 0 Å². The summed E-state index contributed by atoms with van der Waals surface area (Å²) >= 11 is 1.20. The molecular weight excluding hydrogens is 372 g/mol. The Labute approximate surface area is 165 Å². The fourth-order valence-corrected chi connectivity index (χ4v) is 4.96. The topological polar surface area (TPSA) is 124 Å². The highest BCUT2D eigenvalue weighted by atomic mass is 32.2. The number of carbonyl (C=O) groups excluding carboxylic acids is 1. The minimum atomic E-state index is -1.41. The van der Waals surface area contributed by atoms with E-state index in [0.29, 0.717) is 5.92 Å². The number of aliphatic hydroxyl groups excluding tert-OH is 4. The molecule has 2 fully saturated rings. The first-order chi connectivity index (χ1) is 12.7. The van der Waals surface area contributed by atoms with Gasteiger partial charge < -0.3 is 35.4 Å². The Morgan fingerprint density at radius 1 is 1.30 bits per heavy atom. The summed E-state index contributed by atoms with van der Waals surface area (Å²) < 4.78 is 5.73. The van der Waals surface area contributed by atoms with Gasteiger partial charge in [0, 0.05) is 12.3 Å². The number of aliphatic hydroxyl groups is 4. The van der Waals surface area contributed by atoms with Gasteiger partial charge in [0.2, 0.25) is 0 Å². The summed E-state index contributed by atoms with van der Waals surface area (Å²) in [4.78, 5) is 14.0. The molecule has 2 aliphatic rings. The maximum absolute atomic E-state index is 12.9. The summed E-state index contributed by atoms with van der Waals surface area (Å²) in [5.41, 5.74) is -0.750. The van der Waals surface area contributed by atoms with Crippen molar-refractivity contribution in [3.8, 4) is 0 Å². The average molecular weight is 408 g/mol. The minimum absolute atomic E-state index is 0.186. The maximum Gasteiger partial charge on any atom is 0.278 e. The van der Waals surface area contributed by atoms with Gasteiger partial charge in [-0.3, -0.25) is 4.79 Å². The number of carbonyl (C=O) groups is 1. The number of likely N-dealkylation sites (tertiary alicyclic amines) is 1. The Bertz CT molecular complexity index is 494. The van der Waals surface area contributed by atoms with Crippen LogP contribution in [-0.4, -0.2) is 94.2 Å². The Kier molecular flexibility index (Phi) is 8.35. The Balaban J connectivity index is 2.09. The second kappa shape index (κ2) is 9.87. The third kappa shape index (κ3) is 5.14. The number of nitrogens with one attached hydrogen (secondary N) is 2. The van der Waals surface area contributed by atoms with Crippen molar-refractivity contribution in [2.75, 3.05) is 19.8 Å². The van der Waals surface area contributed by atoms with Gasteiger partial charge in [0.1, 0.15) is 29.9 Å². The number of thioether (sulfide) groups is 1. The van der Waals surface area contributed by atoms with Crippen molar-refractivity contribution in [3.05, 3.63) is 0 Å². The Morgan fingerprint density at radius 3 is 2.52 bits per heavy atom. The Morgan fingerprint density at radius 2 is 1.96 bits per heavy atom. The quantitative estimate of drug-likeness (QED) is 0.281. The molecule has 2 aliphatic heterocycles. The molecule has 2 saturated heterocycles. The monoisotopic (exact) mass is 407 g/mol. The van der Waals surface area contributed by atoms with Crippen LogP contribution in [0.2, 0.25) is 0 Å². The zero-order valence-electron chi connectivity index (χ0n) is 16.5. The van der Waals surface area contributed by atoms with Gasteiger partial charge in [-0.2, -0.15) is 0 Å². The first-order valence-electron chi connectivity index (χ1n) is 9.74. The van der Waals surface area contributed by atoms with Gasteiger partial charge in [-0.25, -0.2) is 0 Å². The molecule has 1 amide bonds. The molecule has 6 N–H and O–H groups in total. The van der Waals surface area contributed by atoms with E-state index in [2.05, 4.69) is 12.2 Å². The number of hydrogen-bond acceptors (Lipinski definition) is 7. The molecular formula is C18H35N2O6S+. The first kappa shape index (κ1) is 22.9. The molecule has 2 heterocycles. The molecule has 0 aromatic rings. The van der Waals surface area contributed by atoms with Gasteiger partial charge >= 0.3 is 0 Å². The lowest BCUT2D eigenvalue weighted by atomic mass is 9.92. The lowest BCUT2D eigenvalue weighted by Crippen LogP contribution is -3.12. The molecule has 10 unspecified atom stereocenters. The van der Waals surface area contributed by atoms with Crippen LogP contribution in [0.15, 0.2) is 0 Å². The van der Waals surface area contributed by atoms with Gasteiger partial charge in [0.25, 0.3) is 5.91 Å². The van der Waals surface area contributed by atoms with Gasteiger partial charge in [-0.15, -0.1) is 11.8 Å². The highest BCUT2D eigenvalue weighted by Gasteiger charge is 2.49. The zero-order chi connectivity index (χ0) is 20.3. The van der Waals surface area contributed by atoms with Crippen LogP contribution in [0.1, 0.15) is 33.1 Å². The van der Waals surface area contributed by atoms with Gasteiger partial charge in [0.05, 0.1) is 25.7 Å². The highest BCUT2D eigenvalue weighted by Crippen LogP contribution is 2.29. The third-order valence-electron chi connectivity index (χ3n) is 5.81. The van der Waals surface area contributed by atoms with E-state index in [1.165, 1.54) is 18.7 Å². The fraction of sp³-hybridized carbons (Fsp3) is 0.944. The summed E-state index contributed by atoms with van der Waals surface area (Å²) in [6.45, 7) is 4.58. The van der Waals surface area contributed by atoms with Crippen molar-refractivity contribution < 1.29 is 34.9 Å². The van der Waals surface area contributed by atoms with Gasteiger partial charge in [-0.1, -0.05) is 13.3 Å². The molecule has 158 valence electrons. The minimum Gasteiger partial charge on any atom is -0.391 e. The molecule has 0 spiro atoms. The van der Waals surface area contributed by atoms with E-state index >= 15 is 0 Å². The van der Waals surface area contributed by atoms with Crippen molar-refractivity contribution in [3.63, 3.8) is 0 Å². The third-order valence-corrected chi connectivity index (χ3v) is 6.66. The van der Waals surface area contributed by atoms with E-state index in [1.807, 2.05) is 7.05 Å². The van der Waals surface area contributed by atoms with E-state index in [1.54, 1.807) is 6.26 Å². The molecule has 0 aromatic heterocycles. The van der Waals surface area contributed by atoms with Crippen LogP contribution in [-0.2, 0) is 9.53 Å². The molecule has 0 saturated carbocycles. The van der Waals surface area contributed by atoms with Gasteiger partial charge in [0.15, 0.2) is 6.04 Å². The number of hydrogen-bond donors (Lipinski definition) is 6. The summed E-state index contributed by atoms with van der Waals surface area (Å²) in [5, 5.41) is 43.6. The number of likely N-dealkylation sites (N-methyl/N-ethyl adjacent to an activating group) is 1. The SMILES string of the molecule is CCCC1CC(C(=O)NC(C(C)O)C2OC(SC)C(O)C(O)C2O)[NH+](C)C1. The second-order valence-corrected chi connectivity index (χ2v) is 8.88. The molecule has 0 aromatic carbocycles. The summed E-state index contributed by atoms with van der Waals surface area (Å²) in [5.74, 6) is 0.319. The predicted octanol–water partition coefficient (Wildman–Crippen LogP) is -2.27. The van der Waals surface area contributed by atoms with Crippen LogP contribution >= 0.6 is 11.8 Å². The number of rotatable bonds is 7. The van der Waals surface area contributed by atoms with E-state index < -0.39 is 42.0 Å². The van der Waals surface area contributed by atoms with E-state index in [4.69, 9.17) is 4.74 Å². The van der Waals surface area contributed by atoms with Crippen molar-refractivity contribution in [2.45, 2.75) is 81.1 Å². The molecule has 9 heteroatoms. The summed E-state index contributed by atoms with van der Waals surface area (Å²) in [6.07, 6.45) is -1.39. The van der Waals surface area contributed by atoms with E-state index in [0.717, 1.165) is 30.7 Å². The summed E-state index contributed by atoms with van der Waals surface area (Å²) in [6, 6.07) is -1.10. The molecule has 0 radical (unpaired) electrons. The van der Waals surface area contributed by atoms with Crippen molar-refractivity contribution in [1.82, 2.24) is 5.32 Å². The van der Waals surface area contributed by atoms with Crippen LogP contribution in [0, 0.1) is 5.92 Å². The smallest absolute Gasteiger partial charge is 0.278 e. The normalized spacial score (nSPS) is 41.9. The fourth-order valence-electron chi connectivity index (χ4n) is 4.28. The molecule has 10 atom stereocenters. The number of amides is 1. The predicted molar refractivity (Wildman–Crippen MR) is 102 cm³/mol. The van der Waals surface area contributed by atoms with Crippen LogP contribution in [0.25, 0.3) is 0 Å². The average Bonchev–Trinajstić information content (AvgIpc) is 2.99. The number of quaternary nitrogens is 1. The second-order valence-electron chi connectivity index (χ2n) is 7.95. The van der Waals surface area contributed by atoms with Crippen molar-refractivity contribution in [2.24, 2.45) is 5.92 Å². The first-order valence-corrected chi connectivity index (χ1v) is 11.0. The van der Waals surface area contributed by atoms with Crippen molar-refractivity contribution >= 4 is 17.7 Å². The van der Waals surface area contributed by atoms with Gasteiger partial charge in [-0.05, 0) is 19.6 Å². The van der Waals surface area contributed by atoms with E-state index in [-0.39, 0.29) is 11.9 Å². The van der Waals surface area contributed by atoms with E-state index in [9.17, 15) is 25.2 Å². The maximum atomic E-state index is 12.9. The standard InChI is InChI=1S/C18H34N2O6S/c1-5-6-10-7-11(20(3)8-10)17(25)19-12(9(2)21)16-14(23)13(22)15(24)18(26-16)27-4/h9-16,18,21-24H,5-8H2,1-4H3,(H,19,25)/p+1. The molecule has 0 bridgehead atoms. The molecule has 8 nitrogen and oxygen atoms in total. The van der Waals surface area contributed by atoms with Crippen LogP contribution in [0.5, 0.6) is 0 Å². The highest BCUT2D eigenvalue weighted by molar-refractivity contribution is 7.99. The number of ether oxygens (including phenoxy) is 1. The van der Waals surface area contributed by atoms with Crippen LogP contribution in [0.4, 0.5) is 0 Å². The largest absolute Gasteiger partial charge is 0.391 e. The molecule has 2 rings (SSSR count).